The van der Waals surface area contributed by atoms with Crippen molar-refractivity contribution in [2.75, 3.05) is 6.61 Å². The number of ether oxygens (including phenoxy) is 1. The molecule has 0 saturated heterocycles. The van der Waals surface area contributed by atoms with Gasteiger partial charge in [0.1, 0.15) is 0 Å². The lowest BCUT2D eigenvalue weighted by Crippen LogP contribution is -2.60. The SMILES string of the molecule is CCCOC1(O)CC[C@@H](C)[C@H]2C[C@@H]3CC[C@@H](C)[C@H](CC[C@@]21C)C3(C)C. The molecule has 2 nitrogen and oxygen atoms in total. The van der Waals surface area contributed by atoms with Crippen LogP contribution in [0.2, 0.25) is 0 Å². The van der Waals surface area contributed by atoms with Crippen LogP contribution in [0.1, 0.15) is 92.9 Å². The van der Waals surface area contributed by atoms with E-state index in [4.69, 9.17) is 4.74 Å². The number of hydrogen-bond acceptors (Lipinski definition) is 2. The first-order valence-corrected chi connectivity index (χ1v) is 11.0. The molecule has 0 aliphatic heterocycles. The van der Waals surface area contributed by atoms with E-state index in [0.717, 1.165) is 43.4 Å². The summed E-state index contributed by atoms with van der Waals surface area (Å²) >= 11 is 0. The number of rotatable bonds is 3. The molecule has 3 saturated carbocycles. The van der Waals surface area contributed by atoms with Gasteiger partial charge < -0.3 is 9.84 Å². The van der Waals surface area contributed by atoms with Gasteiger partial charge in [0.25, 0.3) is 0 Å². The summed E-state index contributed by atoms with van der Waals surface area (Å²) in [5.41, 5.74) is 0.350. The monoisotopic (exact) mass is 350 g/mol. The fourth-order valence-corrected chi connectivity index (χ4v) is 7.12. The van der Waals surface area contributed by atoms with E-state index in [1.54, 1.807) is 0 Å². The van der Waals surface area contributed by atoms with E-state index in [2.05, 4.69) is 41.5 Å². The van der Waals surface area contributed by atoms with Gasteiger partial charge in [-0.3, -0.25) is 0 Å². The van der Waals surface area contributed by atoms with Crippen molar-refractivity contribution >= 4 is 0 Å². The molecule has 1 N–H and O–H groups in total. The Labute approximate surface area is 156 Å². The molecule has 0 radical (unpaired) electrons. The molecule has 0 heterocycles. The van der Waals surface area contributed by atoms with Crippen LogP contribution in [-0.2, 0) is 4.74 Å². The summed E-state index contributed by atoms with van der Waals surface area (Å²) in [5, 5.41) is 11.6. The molecule has 0 amide bonds. The topological polar surface area (TPSA) is 29.5 Å². The van der Waals surface area contributed by atoms with Crippen molar-refractivity contribution in [3.05, 3.63) is 0 Å². The fraction of sp³-hybridized carbons (Fsp3) is 1.00. The van der Waals surface area contributed by atoms with Crippen molar-refractivity contribution in [3.63, 3.8) is 0 Å². The molecule has 0 aromatic carbocycles. The Kier molecular flexibility index (Phi) is 5.37. The Morgan fingerprint density at radius 1 is 0.920 bits per heavy atom. The third kappa shape index (κ3) is 3.10. The molecule has 1 unspecified atom stereocenters. The van der Waals surface area contributed by atoms with Gasteiger partial charge in [0.15, 0.2) is 5.79 Å². The molecule has 0 aromatic heterocycles. The Morgan fingerprint density at radius 3 is 2.28 bits per heavy atom. The maximum absolute atomic E-state index is 11.6. The molecule has 0 spiro atoms. The predicted octanol–water partition coefficient (Wildman–Crippen LogP) is 6.03. The Hall–Kier alpha value is -0.0800. The van der Waals surface area contributed by atoms with Crippen LogP contribution in [0.15, 0.2) is 0 Å². The first-order chi connectivity index (χ1) is 11.7. The van der Waals surface area contributed by atoms with Crippen LogP contribution in [-0.4, -0.2) is 17.5 Å². The van der Waals surface area contributed by atoms with Gasteiger partial charge in [-0.1, -0.05) is 48.0 Å². The van der Waals surface area contributed by atoms with Gasteiger partial charge in [-0.05, 0) is 73.5 Å². The summed E-state index contributed by atoms with van der Waals surface area (Å²) in [6, 6.07) is 0. The lowest BCUT2D eigenvalue weighted by atomic mass is 9.47. The van der Waals surface area contributed by atoms with Crippen molar-refractivity contribution in [3.8, 4) is 0 Å². The molecule has 2 heteroatoms. The smallest absolute Gasteiger partial charge is 0.171 e. The molecule has 2 bridgehead atoms. The molecule has 3 aliphatic rings. The van der Waals surface area contributed by atoms with E-state index in [1.807, 2.05) is 0 Å². The molecule has 3 fully saturated rings. The van der Waals surface area contributed by atoms with E-state index in [9.17, 15) is 5.11 Å². The quantitative estimate of drug-likeness (QED) is 0.630. The Morgan fingerprint density at radius 2 is 1.60 bits per heavy atom. The van der Waals surface area contributed by atoms with Crippen molar-refractivity contribution in [1.29, 1.82) is 0 Å². The van der Waals surface area contributed by atoms with Crippen LogP contribution < -0.4 is 0 Å². The summed E-state index contributed by atoms with van der Waals surface area (Å²) in [5.74, 6) is 2.77. The maximum atomic E-state index is 11.6. The highest BCUT2D eigenvalue weighted by atomic mass is 16.6. The van der Waals surface area contributed by atoms with Gasteiger partial charge in [0.2, 0.25) is 0 Å². The average Bonchev–Trinajstić information content (AvgIpc) is 2.54. The van der Waals surface area contributed by atoms with Crippen molar-refractivity contribution in [1.82, 2.24) is 0 Å². The molecule has 146 valence electrons. The first kappa shape index (κ1) is 19.7. The zero-order valence-electron chi connectivity index (χ0n) is 17.6. The fourth-order valence-electron chi connectivity index (χ4n) is 7.12. The third-order valence-corrected chi connectivity index (χ3v) is 9.06. The molecule has 3 aliphatic carbocycles. The lowest BCUT2D eigenvalue weighted by molar-refractivity contribution is -0.315. The van der Waals surface area contributed by atoms with E-state index < -0.39 is 5.79 Å². The van der Waals surface area contributed by atoms with Gasteiger partial charge >= 0.3 is 0 Å². The van der Waals surface area contributed by atoms with E-state index >= 15 is 0 Å². The summed E-state index contributed by atoms with van der Waals surface area (Å²) in [6.07, 6.45) is 9.32. The van der Waals surface area contributed by atoms with Gasteiger partial charge in [-0.25, -0.2) is 0 Å². The standard InChI is InChI=1S/C23H42O2/c1-7-14-25-23(24)13-10-17(3)20-15-18-9-8-16(2)19(21(18,4)5)11-12-22(20,23)6/h16-20,24H,7-15H2,1-6H3/t16-,17-,18+,19+,20-,22+,23?/m1/s1. The zero-order valence-corrected chi connectivity index (χ0v) is 17.6. The van der Waals surface area contributed by atoms with E-state index in [1.165, 1.54) is 25.7 Å². The minimum atomic E-state index is -0.917. The first-order valence-electron chi connectivity index (χ1n) is 11.0. The minimum Gasteiger partial charge on any atom is -0.365 e. The molecule has 3 rings (SSSR count). The highest BCUT2D eigenvalue weighted by molar-refractivity contribution is 5.05. The Bertz CT molecular complexity index is 469. The second-order valence-electron chi connectivity index (χ2n) is 10.6. The molecule has 7 atom stereocenters. The van der Waals surface area contributed by atoms with Crippen LogP contribution >= 0.6 is 0 Å². The summed E-state index contributed by atoms with van der Waals surface area (Å²) in [6.45, 7) is 15.2. The Balaban J connectivity index is 1.95. The van der Waals surface area contributed by atoms with Gasteiger partial charge in [-0.2, -0.15) is 0 Å². The summed E-state index contributed by atoms with van der Waals surface area (Å²) < 4.78 is 6.19. The van der Waals surface area contributed by atoms with Gasteiger partial charge in [0, 0.05) is 18.4 Å². The number of fused-ring (bicyclic) bond motifs is 3. The van der Waals surface area contributed by atoms with Crippen LogP contribution in [0, 0.1) is 40.4 Å². The van der Waals surface area contributed by atoms with Gasteiger partial charge in [0.05, 0.1) is 0 Å². The maximum Gasteiger partial charge on any atom is 0.171 e. The highest BCUT2D eigenvalue weighted by Crippen LogP contribution is 2.62. The van der Waals surface area contributed by atoms with Crippen molar-refractivity contribution in [2.24, 2.45) is 40.4 Å². The van der Waals surface area contributed by atoms with Crippen LogP contribution in [0.25, 0.3) is 0 Å². The predicted molar refractivity (Wildman–Crippen MR) is 104 cm³/mol. The zero-order chi connectivity index (χ0) is 18.5. The van der Waals surface area contributed by atoms with E-state index in [0.29, 0.717) is 23.9 Å². The highest BCUT2D eigenvalue weighted by Gasteiger charge is 2.59. The van der Waals surface area contributed by atoms with E-state index in [-0.39, 0.29) is 5.41 Å². The minimum absolute atomic E-state index is 0.0934. The van der Waals surface area contributed by atoms with Crippen LogP contribution in [0.3, 0.4) is 0 Å². The molecular formula is C23H42O2. The van der Waals surface area contributed by atoms with Gasteiger partial charge in [-0.15, -0.1) is 0 Å². The van der Waals surface area contributed by atoms with Crippen molar-refractivity contribution in [2.45, 2.75) is 98.7 Å². The summed E-state index contributed by atoms with van der Waals surface area (Å²) in [7, 11) is 0. The number of hydrogen-bond donors (Lipinski definition) is 1. The van der Waals surface area contributed by atoms with Crippen molar-refractivity contribution < 1.29 is 9.84 Å². The molecular weight excluding hydrogens is 308 g/mol. The normalized spacial score (nSPS) is 49.8. The summed E-state index contributed by atoms with van der Waals surface area (Å²) in [4.78, 5) is 0. The largest absolute Gasteiger partial charge is 0.365 e. The molecule has 0 aromatic rings. The van der Waals surface area contributed by atoms with Crippen LogP contribution in [0.5, 0.6) is 0 Å². The second kappa shape index (κ2) is 6.82. The lowest BCUT2D eigenvalue weighted by Gasteiger charge is -2.61. The average molecular weight is 351 g/mol. The molecule has 25 heavy (non-hydrogen) atoms. The number of aliphatic hydroxyl groups is 1. The third-order valence-electron chi connectivity index (χ3n) is 9.06. The van der Waals surface area contributed by atoms with Crippen LogP contribution in [0.4, 0.5) is 0 Å². The second-order valence-corrected chi connectivity index (χ2v) is 10.6.